The van der Waals surface area contributed by atoms with E-state index in [1.807, 2.05) is 25.3 Å². The molecule has 2 aromatic heterocycles. The van der Waals surface area contributed by atoms with E-state index in [0.717, 1.165) is 36.5 Å². The van der Waals surface area contributed by atoms with Crippen LogP contribution in [0.1, 0.15) is 53.3 Å². The summed E-state index contributed by atoms with van der Waals surface area (Å²) in [6.07, 6.45) is 5.84. The van der Waals surface area contributed by atoms with E-state index >= 15 is 0 Å². The van der Waals surface area contributed by atoms with Gasteiger partial charge in [-0.05, 0) is 37.5 Å². The minimum atomic E-state index is -0.287. The van der Waals surface area contributed by atoms with Gasteiger partial charge in [-0.1, -0.05) is 13.0 Å². The van der Waals surface area contributed by atoms with Gasteiger partial charge in [0, 0.05) is 55.4 Å². The summed E-state index contributed by atoms with van der Waals surface area (Å²) in [5, 5.41) is 5.50. The second-order valence-corrected chi connectivity index (χ2v) is 8.07. The standard InChI is InChI=1S/C24H27N5O3/c1-15-6-7-17(11-21(15)32-19-8-9-26-20(13-19)24(31)25-3)28-22(30)12-18-14-27-23-16(2)5-4-10-29(18)23/h6-9,11,13-14,16H,4-5,10,12H2,1-3H3,(H,25,31)(H,28,30). The Morgan fingerprint density at radius 3 is 2.88 bits per heavy atom. The van der Waals surface area contributed by atoms with Crippen molar-refractivity contribution in [3.8, 4) is 11.5 Å². The molecule has 8 heteroatoms. The lowest BCUT2D eigenvalue weighted by Gasteiger charge is -2.21. The number of ether oxygens (including phenoxy) is 1. The molecular formula is C24H27N5O3. The van der Waals surface area contributed by atoms with Gasteiger partial charge in [-0.15, -0.1) is 0 Å². The number of aryl methyl sites for hydroxylation is 1. The molecule has 2 amide bonds. The Hall–Kier alpha value is -3.68. The molecule has 1 aliphatic rings. The molecule has 3 aromatic rings. The van der Waals surface area contributed by atoms with Gasteiger partial charge < -0.3 is 19.9 Å². The van der Waals surface area contributed by atoms with Gasteiger partial charge in [0.2, 0.25) is 5.91 Å². The largest absolute Gasteiger partial charge is 0.457 e. The zero-order valence-electron chi connectivity index (χ0n) is 18.5. The molecule has 1 aliphatic heterocycles. The summed E-state index contributed by atoms with van der Waals surface area (Å²) in [6, 6.07) is 8.76. The molecular weight excluding hydrogens is 406 g/mol. The second-order valence-electron chi connectivity index (χ2n) is 8.07. The van der Waals surface area contributed by atoms with Crippen LogP contribution >= 0.6 is 0 Å². The molecule has 0 saturated heterocycles. The molecule has 1 aromatic carbocycles. The zero-order valence-corrected chi connectivity index (χ0v) is 18.5. The summed E-state index contributed by atoms with van der Waals surface area (Å²) in [6.45, 7) is 5.01. The number of fused-ring (bicyclic) bond motifs is 1. The highest BCUT2D eigenvalue weighted by Crippen LogP contribution is 2.29. The first kappa shape index (κ1) is 21.5. The first-order valence-corrected chi connectivity index (χ1v) is 10.8. The van der Waals surface area contributed by atoms with Crippen LogP contribution in [0.25, 0.3) is 0 Å². The number of anilines is 1. The lowest BCUT2D eigenvalue weighted by molar-refractivity contribution is -0.115. The number of hydrogen-bond donors (Lipinski definition) is 2. The average Bonchev–Trinajstić information content (AvgIpc) is 3.19. The topological polar surface area (TPSA) is 98.1 Å². The number of hydrogen-bond acceptors (Lipinski definition) is 5. The molecule has 0 saturated carbocycles. The predicted molar refractivity (Wildman–Crippen MR) is 121 cm³/mol. The third kappa shape index (κ3) is 4.64. The Balaban J connectivity index is 1.46. The van der Waals surface area contributed by atoms with Crippen LogP contribution in [0.3, 0.4) is 0 Å². The van der Waals surface area contributed by atoms with Crippen molar-refractivity contribution in [3.05, 3.63) is 65.5 Å². The fourth-order valence-corrected chi connectivity index (χ4v) is 3.92. The van der Waals surface area contributed by atoms with Gasteiger partial charge in [0.05, 0.1) is 6.42 Å². The smallest absolute Gasteiger partial charge is 0.269 e. The predicted octanol–water partition coefficient (Wildman–Crippen LogP) is 3.82. The number of carbonyl (C=O) groups excluding carboxylic acids is 2. The Bertz CT molecular complexity index is 1150. The van der Waals surface area contributed by atoms with Crippen molar-refractivity contribution in [2.75, 3.05) is 12.4 Å². The average molecular weight is 434 g/mol. The van der Waals surface area contributed by atoms with E-state index in [2.05, 4.69) is 32.1 Å². The number of benzene rings is 1. The maximum absolute atomic E-state index is 12.7. The number of aromatic nitrogens is 3. The zero-order chi connectivity index (χ0) is 22.7. The van der Waals surface area contributed by atoms with Gasteiger partial charge in [-0.2, -0.15) is 0 Å². The lowest BCUT2D eigenvalue weighted by atomic mass is 10.0. The van der Waals surface area contributed by atoms with Crippen molar-refractivity contribution >= 4 is 17.5 Å². The van der Waals surface area contributed by atoms with Crippen LogP contribution in [-0.2, 0) is 17.8 Å². The van der Waals surface area contributed by atoms with E-state index in [1.54, 1.807) is 25.2 Å². The Labute approximate surface area is 187 Å². The SMILES string of the molecule is CNC(=O)c1cc(Oc2cc(NC(=O)Cc3cnc4n3CCCC4C)ccc2C)ccn1. The van der Waals surface area contributed by atoms with Crippen LogP contribution in [0, 0.1) is 6.92 Å². The van der Waals surface area contributed by atoms with Crippen molar-refractivity contribution in [2.24, 2.45) is 0 Å². The van der Waals surface area contributed by atoms with Crippen LogP contribution < -0.4 is 15.4 Å². The summed E-state index contributed by atoms with van der Waals surface area (Å²) in [5.41, 5.74) is 2.75. The van der Waals surface area contributed by atoms with Crippen molar-refractivity contribution in [1.82, 2.24) is 19.9 Å². The number of imidazole rings is 1. The highest BCUT2D eigenvalue weighted by Gasteiger charge is 2.21. The van der Waals surface area contributed by atoms with E-state index in [0.29, 0.717) is 23.1 Å². The van der Waals surface area contributed by atoms with E-state index < -0.39 is 0 Å². The molecule has 0 radical (unpaired) electrons. The molecule has 0 aliphatic carbocycles. The van der Waals surface area contributed by atoms with Gasteiger partial charge in [0.1, 0.15) is 23.0 Å². The Kier molecular flexibility index (Phi) is 6.20. The first-order valence-electron chi connectivity index (χ1n) is 10.8. The van der Waals surface area contributed by atoms with E-state index in [9.17, 15) is 9.59 Å². The van der Waals surface area contributed by atoms with Gasteiger partial charge in [-0.3, -0.25) is 14.6 Å². The molecule has 0 spiro atoms. The van der Waals surface area contributed by atoms with E-state index in [-0.39, 0.29) is 23.9 Å². The van der Waals surface area contributed by atoms with Crippen LogP contribution in [0.15, 0.2) is 42.7 Å². The number of pyridine rings is 1. The highest BCUT2D eigenvalue weighted by molar-refractivity contribution is 5.93. The number of nitrogens with zero attached hydrogens (tertiary/aromatic N) is 3. The molecule has 166 valence electrons. The minimum absolute atomic E-state index is 0.105. The fraction of sp³-hybridized carbons (Fsp3) is 0.333. The number of rotatable bonds is 6. The molecule has 1 atom stereocenters. The molecule has 2 N–H and O–H groups in total. The third-order valence-corrected chi connectivity index (χ3v) is 5.66. The molecule has 32 heavy (non-hydrogen) atoms. The second kappa shape index (κ2) is 9.21. The van der Waals surface area contributed by atoms with Gasteiger partial charge in [0.25, 0.3) is 5.91 Å². The van der Waals surface area contributed by atoms with Gasteiger partial charge in [0.15, 0.2) is 0 Å². The van der Waals surface area contributed by atoms with Crippen LogP contribution in [-0.4, -0.2) is 33.4 Å². The summed E-state index contributed by atoms with van der Waals surface area (Å²) in [7, 11) is 1.55. The first-order chi connectivity index (χ1) is 15.4. The third-order valence-electron chi connectivity index (χ3n) is 5.66. The van der Waals surface area contributed by atoms with Crippen molar-refractivity contribution in [2.45, 2.75) is 45.6 Å². The summed E-state index contributed by atoms with van der Waals surface area (Å²) in [4.78, 5) is 33.1. The molecule has 0 bridgehead atoms. The van der Waals surface area contributed by atoms with Gasteiger partial charge >= 0.3 is 0 Å². The van der Waals surface area contributed by atoms with E-state index in [4.69, 9.17) is 4.74 Å². The van der Waals surface area contributed by atoms with Crippen LogP contribution in [0.5, 0.6) is 11.5 Å². The Morgan fingerprint density at radius 2 is 2.06 bits per heavy atom. The number of carbonyl (C=O) groups is 2. The maximum Gasteiger partial charge on any atom is 0.269 e. The molecule has 4 rings (SSSR count). The molecule has 0 fully saturated rings. The molecule has 1 unspecified atom stereocenters. The summed E-state index contributed by atoms with van der Waals surface area (Å²) < 4.78 is 8.14. The fourth-order valence-electron chi connectivity index (χ4n) is 3.92. The highest BCUT2D eigenvalue weighted by atomic mass is 16.5. The number of amides is 2. The molecule has 3 heterocycles. The minimum Gasteiger partial charge on any atom is -0.457 e. The van der Waals surface area contributed by atoms with Crippen LogP contribution in [0.2, 0.25) is 0 Å². The quantitative estimate of drug-likeness (QED) is 0.616. The monoisotopic (exact) mass is 433 g/mol. The van der Waals surface area contributed by atoms with E-state index in [1.165, 1.54) is 6.20 Å². The Morgan fingerprint density at radius 1 is 1.22 bits per heavy atom. The van der Waals surface area contributed by atoms with Crippen molar-refractivity contribution < 1.29 is 14.3 Å². The number of nitrogens with one attached hydrogen (secondary N) is 2. The normalized spacial score (nSPS) is 15.0. The summed E-state index contributed by atoms with van der Waals surface area (Å²) >= 11 is 0. The van der Waals surface area contributed by atoms with Gasteiger partial charge in [-0.25, -0.2) is 4.98 Å². The van der Waals surface area contributed by atoms with Crippen molar-refractivity contribution in [3.63, 3.8) is 0 Å². The summed E-state index contributed by atoms with van der Waals surface area (Å²) in [5.74, 6) is 2.18. The van der Waals surface area contributed by atoms with Crippen molar-refractivity contribution in [1.29, 1.82) is 0 Å². The maximum atomic E-state index is 12.7. The molecule has 8 nitrogen and oxygen atoms in total. The van der Waals surface area contributed by atoms with Crippen LogP contribution in [0.4, 0.5) is 5.69 Å². The lowest BCUT2D eigenvalue weighted by Crippen LogP contribution is -2.20.